The van der Waals surface area contributed by atoms with Crippen molar-refractivity contribution in [3.05, 3.63) is 107 Å². The molecule has 7 nitrogen and oxygen atoms in total. The third-order valence-electron chi connectivity index (χ3n) is 5.92. The van der Waals surface area contributed by atoms with Crippen molar-refractivity contribution >= 4 is 45.6 Å². The van der Waals surface area contributed by atoms with Gasteiger partial charge in [-0.15, -0.1) is 0 Å². The zero-order chi connectivity index (χ0) is 28.2. The molecule has 4 aromatic rings. The Hall–Kier alpha value is -4.67. The van der Waals surface area contributed by atoms with Gasteiger partial charge in [-0.3, -0.25) is 9.78 Å². The van der Waals surface area contributed by atoms with Crippen LogP contribution < -0.4 is 16.3 Å². The molecule has 0 aliphatic carbocycles. The number of halogens is 1. The highest BCUT2D eigenvalue weighted by atomic mass is 35.5. The summed E-state index contributed by atoms with van der Waals surface area (Å²) in [7, 11) is 0. The van der Waals surface area contributed by atoms with Gasteiger partial charge in [0.25, 0.3) is 5.91 Å². The number of anilines is 2. The summed E-state index contributed by atoms with van der Waals surface area (Å²) in [5, 5.41) is 7.50. The Morgan fingerprint density at radius 1 is 1.13 bits per heavy atom. The standard InChI is InChI=1S/C31H29ClN6O/c1-6-28(31(3,4)5)36-38(25-13-14-27-23(18-25)8-7-15-34-27)37-30(39)24-11-9-20(2)22(17-24)12-10-21-16-26(32)29(33)35-19-21/h6-9,11,13-19H,1H2,2-5H3,(H2,33,35)(H,37,39)/b36-28+. The number of hydrazone groups is 1. The number of amides is 1. The normalized spacial score (nSPS) is 11.5. The maximum Gasteiger partial charge on any atom is 0.271 e. The van der Waals surface area contributed by atoms with Gasteiger partial charge in [-0.25, -0.2) is 10.4 Å². The van der Waals surface area contributed by atoms with Crippen molar-refractivity contribution in [1.29, 1.82) is 0 Å². The largest absolute Gasteiger partial charge is 0.382 e. The molecule has 0 saturated heterocycles. The molecule has 3 N–H and O–H groups in total. The van der Waals surface area contributed by atoms with E-state index in [0.717, 1.165) is 16.5 Å². The van der Waals surface area contributed by atoms with Crippen molar-refractivity contribution in [2.75, 3.05) is 10.9 Å². The summed E-state index contributed by atoms with van der Waals surface area (Å²) in [5.41, 5.74) is 13.2. The topological polar surface area (TPSA) is 96.5 Å². The van der Waals surface area contributed by atoms with Gasteiger partial charge in [0.2, 0.25) is 0 Å². The van der Waals surface area contributed by atoms with Crippen molar-refractivity contribution in [2.24, 2.45) is 10.5 Å². The minimum Gasteiger partial charge on any atom is -0.382 e. The van der Waals surface area contributed by atoms with Gasteiger partial charge in [0, 0.05) is 39.9 Å². The highest BCUT2D eigenvalue weighted by Crippen LogP contribution is 2.24. The first kappa shape index (κ1) is 27.4. The fraction of sp³-hybridized carbons (Fsp3) is 0.161. The molecular formula is C31H29ClN6O. The zero-order valence-corrected chi connectivity index (χ0v) is 23.0. The highest BCUT2D eigenvalue weighted by molar-refractivity contribution is 6.32. The number of aryl methyl sites for hydroxylation is 1. The van der Waals surface area contributed by atoms with Crippen LogP contribution in [0.15, 0.2) is 84.7 Å². The summed E-state index contributed by atoms with van der Waals surface area (Å²) in [6, 6.07) is 16.5. The van der Waals surface area contributed by atoms with Crippen molar-refractivity contribution in [2.45, 2.75) is 27.7 Å². The molecule has 4 rings (SSSR count). The quantitative estimate of drug-likeness (QED) is 0.177. The van der Waals surface area contributed by atoms with Crippen molar-refractivity contribution < 1.29 is 4.79 Å². The van der Waals surface area contributed by atoms with Gasteiger partial charge in [0.1, 0.15) is 5.82 Å². The van der Waals surface area contributed by atoms with Gasteiger partial charge >= 0.3 is 0 Å². The summed E-state index contributed by atoms with van der Waals surface area (Å²) < 4.78 is 0. The van der Waals surface area contributed by atoms with E-state index in [1.54, 1.807) is 36.7 Å². The maximum atomic E-state index is 13.5. The summed E-state index contributed by atoms with van der Waals surface area (Å²) in [6.07, 6.45) is 4.99. The Morgan fingerprint density at radius 3 is 2.64 bits per heavy atom. The van der Waals surface area contributed by atoms with Crippen LogP contribution in [-0.2, 0) is 0 Å². The fourth-order valence-corrected chi connectivity index (χ4v) is 3.83. The minimum absolute atomic E-state index is 0.248. The van der Waals surface area contributed by atoms with Crippen LogP contribution in [0.3, 0.4) is 0 Å². The number of nitrogen functional groups attached to an aromatic ring is 1. The van der Waals surface area contributed by atoms with Crippen molar-refractivity contribution in [3.63, 3.8) is 0 Å². The van der Waals surface area contributed by atoms with E-state index in [1.807, 2.05) is 64.1 Å². The number of benzene rings is 2. The predicted molar refractivity (Wildman–Crippen MR) is 160 cm³/mol. The van der Waals surface area contributed by atoms with Crippen LogP contribution in [-0.4, -0.2) is 21.6 Å². The van der Waals surface area contributed by atoms with Crippen LogP contribution in [0.25, 0.3) is 10.9 Å². The number of hydrazine groups is 1. The van der Waals surface area contributed by atoms with Crippen molar-refractivity contribution in [3.8, 4) is 11.8 Å². The fourth-order valence-electron chi connectivity index (χ4n) is 3.66. The van der Waals surface area contributed by atoms with Crippen LogP contribution in [0.5, 0.6) is 0 Å². The third-order valence-corrected chi connectivity index (χ3v) is 6.22. The first-order chi connectivity index (χ1) is 18.5. The van der Waals surface area contributed by atoms with Crippen LogP contribution >= 0.6 is 11.6 Å². The van der Waals surface area contributed by atoms with Gasteiger partial charge in [0.15, 0.2) is 0 Å². The highest BCUT2D eigenvalue weighted by Gasteiger charge is 2.20. The molecule has 2 aromatic heterocycles. The van der Waals surface area contributed by atoms with Gasteiger partial charge in [-0.05, 0) is 61.0 Å². The molecule has 1 amide bonds. The van der Waals surface area contributed by atoms with Gasteiger partial charge < -0.3 is 5.73 Å². The molecule has 2 heterocycles. The second-order valence-electron chi connectivity index (χ2n) is 9.94. The van der Waals surface area contributed by atoms with E-state index in [4.69, 9.17) is 22.4 Å². The number of nitrogens with zero attached hydrogens (tertiary/aromatic N) is 4. The van der Waals surface area contributed by atoms with E-state index >= 15 is 0 Å². The first-order valence-corrected chi connectivity index (χ1v) is 12.6. The van der Waals surface area contributed by atoms with E-state index in [0.29, 0.717) is 33.1 Å². The summed E-state index contributed by atoms with van der Waals surface area (Å²) in [5.74, 6) is 6.05. The zero-order valence-electron chi connectivity index (χ0n) is 22.3. The molecule has 0 spiro atoms. The molecule has 8 heteroatoms. The number of hydrogen-bond donors (Lipinski definition) is 2. The predicted octanol–water partition coefficient (Wildman–Crippen LogP) is 6.31. The smallest absolute Gasteiger partial charge is 0.271 e. The molecule has 196 valence electrons. The number of nitrogens with two attached hydrogens (primary N) is 1. The maximum absolute atomic E-state index is 13.5. The molecule has 2 aromatic carbocycles. The molecule has 0 aliphatic rings. The van der Waals surface area contributed by atoms with Crippen LogP contribution in [0.2, 0.25) is 5.02 Å². The van der Waals surface area contributed by atoms with Crippen LogP contribution in [0.4, 0.5) is 11.5 Å². The molecule has 0 saturated carbocycles. The van der Waals surface area contributed by atoms with Gasteiger partial charge in [0.05, 0.1) is 21.9 Å². The molecule has 0 aliphatic heterocycles. The molecular weight excluding hydrogens is 508 g/mol. The number of allylic oxidation sites excluding steroid dienone is 1. The Balaban J connectivity index is 1.69. The Kier molecular flexibility index (Phi) is 7.99. The lowest BCUT2D eigenvalue weighted by molar-refractivity contribution is 0.0949. The Morgan fingerprint density at radius 2 is 1.92 bits per heavy atom. The summed E-state index contributed by atoms with van der Waals surface area (Å²) in [4.78, 5) is 21.9. The number of carbonyl (C=O) groups excluding carboxylic acids is 1. The first-order valence-electron chi connectivity index (χ1n) is 12.3. The molecule has 0 radical (unpaired) electrons. The van der Waals surface area contributed by atoms with E-state index in [1.165, 1.54) is 5.12 Å². The lowest BCUT2D eigenvalue weighted by atomic mass is 9.90. The number of pyridine rings is 2. The van der Waals surface area contributed by atoms with Gasteiger partial charge in [-0.2, -0.15) is 10.2 Å². The molecule has 0 unspecified atom stereocenters. The van der Waals surface area contributed by atoms with E-state index in [9.17, 15) is 4.79 Å². The molecule has 39 heavy (non-hydrogen) atoms. The number of carbonyl (C=O) groups is 1. The average molecular weight is 537 g/mol. The SMILES string of the molecule is C=C/C(=N\N(NC(=O)c1ccc(C)c(C#Cc2cnc(N)c(Cl)c2)c1)c1ccc2ncccc2c1)C(C)(C)C. The lowest BCUT2D eigenvalue weighted by Gasteiger charge is -2.25. The van der Waals surface area contributed by atoms with Crippen LogP contribution in [0.1, 0.15) is 47.8 Å². The number of aromatic nitrogens is 2. The Bertz CT molecular complexity index is 1660. The summed E-state index contributed by atoms with van der Waals surface area (Å²) in [6.45, 7) is 12.0. The number of nitrogens with one attached hydrogen (secondary N) is 1. The number of fused-ring (bicyclic) bond motifs is 1. The summed E-state index contributed by atoms with van der Waals surface area (Å²) >= 11 is 6.07. The third kappa shape index (κ3) is 6.61. The van der Waals surface area contributed by atoms with Crippen LogP contribution in [0, 0.1) is 24.2 Å². The molecule has 0 fully saturated rings. The Labute approximate surface area is 233 Å². The second kappa shape index (κ2) is 11.4. The lowest BCUT2D eigenvalue weighted by Crippen LogP contribution is -2.40. The number of hydrogen-bond acceptors (Lipinski definition) is 6. The molecule has 0 atom stereocenters. The number of rotatable bonds is 5. The van der Waals surface area contributed by atoms with E-state index in [-0.39, 0.29) is 17.1 Å². The van der Waals surface area contributed by atoms with Gasteiger partial charge in [-0.1, -0.05) is 62.9 Å². The monoisotopic (exact) mass is 536 g/mol. The minimum atomic E-state index is -0.345. The average Bonchev–Trinajstić information content (AvgIpc) is 2.91. The van der Waals surface area contributed by atoms with E-state index < -0.39 is 0 Å². The molecule has 0 bridgehead atoms. The van der Waals surface area contributed by atoms with E-state index in [2.05, 4.69) is 33.8 Å². The van der Waals surface area contributed by atoms with Crippen molar-refractivity contribution in [1.82, 2.24) is 15.4 Å². The second-order valence-corrected chi connectivity index (χ2v) is 10.4.